The van der Waals surface area contributed by atoms with E-state index in [0.717, 1.165) is 49.3 Å². The van der Waals surface area contributed by atoms with E-state index < -0.39 is 0 Å². The molecule has 0 unspecified atom stereocenters. The third-order valence-electron chi connectivity index (χ3n) is 4.58. The van der Waals surface area contributed by atoms with Crippen LogP contribution >= 0.6 is 0 Å². The normalized spacial score (nSPS) is 16.2. The first kappa shape index (κ1) is 15.8. The summed E-state index contributed by atoms with van der Waals surface area (Å²) in [6, 6.07) is 16.3. The second kappa shape index (κ2) is 6.97. The van der Waals surface area contributed by atoms with Gasteiger partial charge in [0.05, 0.1) is 0 Å². The van der Waals surface area contributed by atoms with Gasteiger partial charge in [-0.15, -0.1) is 0 Å². The number of nitrogens with zero attached hydrogens (tertiary/aromatic N) is 2. The zero-order valence-electron chi connectivity index (χ0n) is 14.0. The molecular formula is C20H24N2O. The molecule has 1 amide bonds. The number of hydrogen-bond acceptors (Lipinski definition) is 2. The number of likely N-dealkylation sites (N-methyl/N-ethyl adjacent to an activating group) is 1. The fourth-order valence-corrected chi connectivity index (χ4v) is 3.12. The van der Waals surface area contributed by atoms with Gasteiger partial charge in [0, 0.05) is 25.2 Å². The van der Waals surface area contributed by atoms with Crippen LogP contribution in [0.5, 0.6) is 0 Å². The number of amides is 1. The van der Waals surface area contributed by atoms with E-state index in [2.05, 4.69) is 37.1 Å². The lowest BCUT2D eigenvalue weighted by Gasteiger charge is -2.21. The van der Waals surface area contributed by atoms with Gasteiger partial charge in [0.25, 0.3) is 5.91 Å². The minimum Gasteiger partial charge on any atom is -0.337 e. The molecule has 0 aliphatic carbocycles. The lowest BCUT2D eigenvalue weighted by atomic mass is 9.97. The average molecular weight is 308 g/mol. The van der Waals surface area contributed by atoms with Crippen LogP contribution in [0.2, 0.25) is 0 Å². The smallest absolute Gasteiger partial charge is 0.253 e. The SMILES string of the molecule is Cc1ccc(C(=O)N2CCCN(C)CC2)cc1-c1ccccc1. The zero-order chi connectivity index (χ0) is 16.2. The van der Waals surface area contributed by atoms with Crippen LogP contribution < -0.4 is 0 Å². The molecule has 1 saturated heterocycles. The topological polar surface area (TPSA) is 23.6 Å². The van der Waals surface area contributed by atoms with Crippen LogP contribution in [0.1, 0.15) is 22.3 Å². The summed E-state index contributed by atoms with van der Waals surface area (Å²) < 4.78 is 0. The van der Waals surface area contributed by atoms with Crippen molar-refractivity contribution in [3.05, 3.63) is 59.7 Å². The van der Waals surface area contributed by atoms with Gasteiger partial charge in [0.1, 0.15) is 0 Å². The molecular weight excluding hydrogens is 284 g/mol. The predicted molar refractivity (Wildman–Crippen MR) is 94.6 cm³/mol. The second-order valence-electron chi connectivity index (χ2n) is 6.34. The Labute approximate surface area is 138 Å². The second-order valence-corrected chi connectivity index (χ2v) is 6.34. The Bertz CT molecular complexity index is 681. The largest absolute Gasteiger partial charge is 0.337 e. The molecule has 0 N–H and O–H groups in total. The van der Waals surface area contributed by atoms with Gasteiger partial charge in [-0.25, -0.2) is 0 Å². The molecule has 0 radical (unpaired) electrons. The Kier molecular flexibility index (Phi) is 4.77. The van der Waals surface area contributed by atoms with Crippen LogP contribution in [0.4, 0.5) is 0 Å². The van der Waals surface area contributed by atoms with Crippen molar-refractivity contribution in [3.63, 3.8) is 0 Å². The summed E-state index contributed by atoms with van der Waals surface area (Å²) in [6.45, 7) is 5.76. The quantitative estimate of drug-likeness (QED) is 0.848. The fraction of sp³-hybridized carbons (Fsp3) is 0.350. The average Bonchev–Trinajstić information content (AvgIpc) is 2.80. The summed E-state index contributed by atoms with van der Waals surface area (Å²) in [5, 5.41) is 0. The van der Waals surface area contributed by atoms with E-state index in [-0.39, 0.29) is 5.91 Å². The third kappa shape index (κ3) is 3.62. The summed E-state index contributed by atoms with van der Waals surface area (Å²) in [5.74, 6) is 0.150. The van der Waals surface area contributed by atoms with Gasteiger partial charge in [0.2, 0.25) is 0 Å². The number of benzene rings is 2. The molecule has 3 nitrogen and oxygen atoms in total. The Morgan fingerprint density at radius 1 is 0.957 bits per heavy atom. The molecule has 0 spiro atoms. The van der Waals surface area contributed by atoms with Gasteiger partial charge in [-0.05, 0) is 55.8 Å². The molecule has 1 aliphatic heterocycles. The zero-order valence-corrected chi connectivity index (χ0v) is 14.0. The minimum atomic E-state index is 0.150. The van der Waals surface area contributed by atoms with E-state index in [4.69, 9.17) is 0 Å². The maximum absolute atomic E-state index is 12.9. The first-order valence-electron chi connectivity index (χ1n) is 8.29. The predicted octanol–water partition coefficient (Wildman–Crippen LogP) is 3.44. The van der Waals surface area contributed by atoms with Crippen molar-refractivity contribution in [1.29, 1.82) is 0 Å². The molecule has 2 aromatic rings. The Morgan fingerprint density at radius 2 is 1.74 bits per heavy atom. The number of carbonyl (C=O) groups is 1. The standard InChI is InChI=1S/C20H24N2O/c1-16-9-10-18(15-19(16)17-7-4-3-5-8-17)20(23)22-12-6-11-21(2)13-14-22/h3-5,7-10,15H,6,11-14H2,1-2H3. The molecule has 23 heavy (non-hydrogen) atoms. The monoisotopic (exact) mass is 308 g/mol. The summed E-state index contributed by atoms with van der Waals surface area (Å²) >= 11 is 0. The highest BCUT2D eigenvalue weighted by Gasteiger charge is 2.19. The number of rotatable bonds is 2. The molecule has 1 fully saturated rings. The molecule has 1 aliphatic rings. The highest BCUT2D eigenvalue weighted by atomic mass is 16.2. The van der Waals surface area contributed by atoms with Gasteiger partial charge in [0.15, 0.2) is 0 Å². The van der Waals surface area contributed by atoms with Crippen molar-refractivity contribution < 1.29 is 4.79 Å². The summed E-state index contributed by atoms with van der Waals surface area (Å²) in [5.41, 5.74) is 4.29. The highest BCUT2D eigenvalue weighted by Crippen LogP contribution is 2.25. The summed E-state index contributed by atoms with van der Waals surface area (Å²) in [4.78, 5) is 17.1. The highest BCUT2D eigenvalue weighted by molar-refractivity contribution is 5.95. The Hall–Kier alpha value is -2.13. The fourth-order valence-electron chi connectivity index (χ4n) is 3.12. The first-order valence-corrected chi connectivity index (χ1v) is 8.29. The maximum Gasteiger partial charge on any atom is 0.253 e. The van der Waals surface area contributed by atoms with E-state index >= 15 is 0 Å². The van der Waals surface area contributed by atoms with Crippen molar-refractivity contribution in [3.8, 4) is 11.1 Å². The molecule has 1 heterocycles. The molecule has 0 saturated carbocycles. The van der Waals surface area contributed by atoms with E-state index in [0.29, 0.717) is 0 Å². The molecule has 0 atom stereocenters. The van der Waals surface area contributed by atoms with Crippen molar-refractivity contribution in [2.45, 2.75) is 13.3 Å². The molecule has 2 aromatic carbocycles. The number of aryl methyl sites for hydroxylation is 1. The maximum atomic E-state index is 12.9. The molecule has 3 rings (SSSR count). The first-order chi connectivity index (χ1) is 11.1. The van der Waals surface area contributed by atoms with Gasteiger partial charge in [-0.3, -0.25) is 4.79 Å². The van der Waals surface area contributed by atoms with Crippen LogP contribution in [-0.4, -0.2) is 48.9 Å². The Balaban J connectivity index is 1.87. The van der Waals surface area contributed by atoms with Gasteiger partial charge >= 0.3 is 0 Å². The van der Waals surface area contributed by atoms with Gasteiger partial charge in [-0.1, -0.05) is 36.4 Å². The van der Waals surface area contributed by atoms with Crippen molar-refractivity contribution >= 4 is 5.91 Å². The van der Waals surface area contributed by atoms with E-state index in [9.17, 15) is 4.79 Å². The molecule has 3 heteroatoms. The van der Waals surface area contributed by atoms with Gasteiger partial charge < -0.3 is 9.80 Å². The summed E-state index contributed by atoms with van der Waals surface area (Å²) in [6.07, 6.45) is 1.04. The number of carbonyl (C=O) groups excluding carboxylic acids is 1. The van der Waals surface area contributed by atoms with Crippen LogP contribution in [0.25, 0.3) is 11.1 Å². The van der Waals surface area contributed by atoms with Crippen LogP contribution in [0, 0.1) is 6.92 Å². The van der Waals surface area contributed by atoms with Gasteiger partial charge in [-0.2, -0.15) is 0 Å². The van der Waals surface area contributed by atoms with E-state index in [1.807, 2.05) is 35.2 Å². The van der Waals surface area contributed by atoms with Crippen LogP contribution in [0.3, 0.4) is 0 Å². The van der Waals surface area contributed by atoms with Crippen molar-refractivity contribution in [1.82, 2.24) is 9.80 Å². The Morgan fingerprint density at radius 3 is 2.52 bits per heavy atom. The van der Waals surface area contributed by atoms with Crippen LogP contribution in [0.15, 0.2) is 48.5 Å². The van der Waals surface area contributed by atoms with Crippen molar-refractivity contribution in [2.75, 3.05) is 33.2 Å². The molecule has 0 bridgehead atoms. The molecule has 0 aromatic heterocycles. The van der Waals surface area contributed by atoms with Crippen LogP contribution in [-0.2, 0) is 0 Å². The van der Waals surface area contributed by atoms with Crippen molar-refractivity contribution in [2.24, 2.45) is 0 Å². The summed E-state index contributed by atoms with van der Waals surface area (Å²) in [7, 11) is 2.12. The van der Waals surface area contributed by atoms with E-state index in [1.165, 1.54) is 5.56 Å². The van der Waals surface area contributed by atoms with E-state index in [1.54, 1.807) is 0 Å². The lowest BCUT2D eigenvalue weighted by molar-refractivity contribution is 0.0763. The minimum absolute atomic E-state index is 0.150. The lowest BCUT2D eigenvalue weighted by Crippen LogP contribution is -2.34. The molecule has 120 valence electrons. The number of hydrogen-bond donors (Lipinski definition) is 0. The third-order valence-corrected chi connectivity index (χ3v) is 4.58.